The van der Waals surface area contributed by atoms with Crippen LogP contribution in [-0.4, -0.2) is 0 Å². The van der Waals surface area contributed by atoms with E-state index in [1.165, 1.54) is 13.0 Å². The van der Waals surface area contributed by atoms with Gasteiger partial charge in [-0.05, 0) is 0 Å². The second-order valence-corrected chi connectivity index (χ2v) is 1.67. The quantitative estimate of drug-likeness (QED) is 0.667. The number of rotatable bonds is 2. The molecule has 1 aliphatic carbocycles. The largest absolute Gasteiger partial charge is 2.00 e. The average Bonchev–Trinajstić information content (AvgIpc) is 2.21. The minimum atomic E-state index is 0. The summed E-state index contributed by atoms with van der Waals surface area (Å²) in [6, 6.07) is 0. The molecule has 1 atom stereocenters. The van der Waals surface area contributed by atoms with Crippen LogP contribution in [0.25, 0.3) is 0 Å². The van der Waals surface area contributed by atoms with Crippen molar-refractivity contribution in [2.75, 3.05) is 0 Å². The van der Waals surface area contributed by atoms with Crippen molar-refractivity contribution < 1.29 is 21.1 Å². The molecular weight excluding hydrogens is 258 g/mol. The molecule has 0 bridgehead atoms. The van der Waals surface area contributed by atoms with Crippen LogP contribution in [0.4, 0.5) is 0 Å². The molecule has 1 unspecified atom stereocenters. The van der Waals surface area contributed by atoms with Gasteiger partial charge >= 0.3 is 21.1 Å². The van der Waals surface area contributed by atoms with E-state index in [0.29, 0.717) is 0 Å². The maximum absolute atomic E-state index is 6.63. The molecule has 0 heterocycles. The first-order valence-corrected chi connectivity index (χ1v) is 2.26. The van der Waals surface area contributed by atoms with E-state index in [4.69, 9.17) is 5.73 Å². The van der Waals surface area contributed by atoms with Gasteiger partial charge in [-0.2, -0.15) is 6.42 Å². The van der Waals surface area contributed by atoms with Crippen molar-refractivity contribution in [3.63, 3.8) is 0 Å². The van der Waals surface area contributed by atoms with Crippen LogP contribution >= 0.6 is 0 Å². The second kappa shape index (κ2) is 3.63. The van der Waals surface area contributed by atoms with Gasteiger partial charge in [0.15, 0.2) is 0 Å². The van der Waals surface area contributed by atoms with Crippen LogP contribution in [-0.2, 0) is 21.1 Å². The Balaban J connectivity index is 0.000000360. The Labute approximate surface area is 58.9 Å². The van der Waals surface area contributed by atoms with Crippen molar-refractivity contribution in [1.82, 2.24) is 5.73 Å². The van der Waals surface area contributed by atoms with Gasteiger partial charge in [0, 0.05) is 0 Å². The predicted molar refractivity (Wildman–Crippen MR) is 24.4 cm³/mol. The summed E-state index contributed by atoms with van der Waals surface area (Å²) < 4.78 is 0. The summed E-state index contributed by atoms with van der Waals surface area (Å²) in [7, 11) is 0. The van der Waals surface area contributed by atoms with Gasteiger partial charge < -0.3 is 12.2 Å². The molecule has 1 radical (unpaired) electrons. The standard InChI is InChI=1S/C5H8N.W/c6-4-3-5-1-2-5;/h1,4-6H,2-3H2;/q-2;+2. The molecule has 0 spiro atoms. The summed E-state index contributed by atoms with van der Waals surface area (Å²) in [5, 5.41) is 0. The number of hydrogen-bond donors (Lipinski definition) is 0. The Bertz CT molecular complexity index is 43.3. The number of nitrogens with one attached hydrogen (secondary N) is 1. The van der Waals surface area contributed by atoms with Gasteiger partial charge in [0.1, 0.15) is 0 Å². The summed E-state index contributed by atoms with van der Waals surface area (Å²) in [5.41, 5.74) is 6.63. The molecule has 1 saturated carbocycles. The maximum atomic E-state index is 6.63. The molecule has 1 rings (SSSR count). The van der Waals surface area contributed by atoms with Crippen molar-refractivity contribution in [1.29, 1.82) is 0 Å². The maximum Gasteiger partial charge on any atom is 2.00 e. The zero-order chi connectivity index (χ0) is 4.41. The molecule has 1 aliphatic rings. The average molecular weight is 266 g/mol. The van der Waals surface area contributed by atoms with E-state index in [2.05, 4.69) is 6.42 Å². The van der Waals surface area contributed by atoms with E-state index >= 15 is 0 Å². The van der Waals surface area contributed by atoms with Crippen LogP contribution in [0.15, 0.2) is 0 Å². The van der Waals surface area contributed by atoms with Crippen molar-refractivity contribution in [3.8, 4) is 0 Å². The minimum absolute atomic E-state index is 0. The first-order valence-electron chi connectivity index (χ1n) is 2.26. The van der Waals surface area contributed by atoms with Gasteiger partial charge in [0.2, 0.25) is 0 Å². The molecule has 0 aromatic rings. The Hall–Kier alpha value is 0.648. The predicted octanol–water partition coefficient (Wildman–Crippen LogP) is 1.04. The van der Waals surface area contributed by atoms with Crippen LogP contribution in [0.3, 0.4) is 0 Å². The van der Waals surface area contributed by atoms with E-state index in [9.17, 15) is 0 Å². The van der Waals surface area contributed by atoms with Crippen LogP contribution < -0.4 is 5.73 Å². The summed E-state index contributed by atoms with van der Waals surface area (Å²) >= 11 is 0. The molecule has 0 saturated heterocycles. The van der Waals surface area contributed by atoms with Gasteiger partial charge in [-0.3, -0.25) is 6.54 Å². The molecule has 1 nitrogen and oxygen atoms in total. The van der Waals surface area contributed by atoms with Crippen LogP contribution in [0.1, 0.15) is 12.8 Å². The van der Waals surface area contributed by atoms with E-state index in [0.717, 1.165) is 12.3 Å². The zero-order valence-corrected chi connectivity index (χ0v) is 6.99. The molecule has 0 aromatic carbocycles. The molecule has 0 amide bonds. The summed E-state index contributed by atoms with van der Waals surface area (Å²) in [5.74, 6) is 0.780. The third-order valence-electron chi connectivity index (χ3n) is 0.990. The zero-order valence-electron chi connectivity index (χ0n) is 4.05. The fourth-order valence-corrected chi connectivity index (χ4v) is 0.440. The summed E-state index contributed by atoms with van der Waals surface area (Å²) in [6.45, 7) is 1.48. The molecule has 0 aromatic heterocycles. The van der Waals surface area contributed by atoms with E-state index in [-0.39, 0.29) is 21.1 Å². The molecule has 0 aliphatic heterocycles. The molecule has 7 heavy (non-hydrogen) atoms. The van der Waals surface area contributed by atoms with E-state index < -0.39 is 0 Å². The van der Waals surface area contributed by atoms with E-state index in [1.807, 2.05) is 0 Å². The Morgan fingerprint density at radius 2 is 2.43 bits per heavy atom. The summed E-state index contributed by atoms with van der Waals surface area (Å²) in [6.07, 6.45) is 4.44. The van der Waals surface area contributed by atoms with Crippen molar-refractivity contribution in [2.45, 2.75) is 12.8 Å². The van der Waals surface area contributed by atoms with Gasteiger partial charge in [-0.25, -0.2) is 12.3 Å². The van der Waals surface area contributed by atoms with Gasteiger partial charge in [0.05, 0.1) is 0 Å². The van der Waals surface area contributed by atoms with Crippen molar-refractivity contribution in [3.05, 3.63) is 13.0 Å². The third kappa shape index (κ3) is 3.25. The normalized spacial score (nSPS) is 26.1. The third-order valence-corrected chi connectivity index (χ3v) is 0.990. The fourth-order valence-electron chi connectivity index (χ4n) is 0.440. The van der Waals surface area contributed by atoms with Crippen LogP contribution in [0.5, 0.6) is 0 Å². The molecule has 2 heteroatoms. The van der Waals surface area contributed by atoms with Gasteiger partial charge in [0.25, 0.3) is 0 Å². The summed E-state index contributed by atoms with van der Waals surface area (Å²) in [4.78, 5) is 0. The van der Waals surface area contributed by atoms with Crippen molar-refractivity contribution >= 4 is 0 Å². The van der Waals surface area contributed by atoms with Gasteiger partial charge in [-0.1, -0.05) is 0 Å². The Kier molecular flexibility index (Phi) is 3.96. The molecular formula is C5H8NW. The number of hydrogen-bond acceptors (Lipinski definition) is 0. The SMILES string of the molecule is [NH][CH-]CC1[CH-]C1.[W+2]. The molecule has 1 fully saturated rings. The van der Waals surface area contributed by atoms with Crippen molar-refractivity contribution in [2.24, 2.45) is 5.92 Å². The topological polar surface area (TPSA) is 23.8 Å². The second-order valence-electron chi connectivity index (χ2n) is 1.67. The molecule has 39 valence electrons. The van der Waals surface area contributed by atoms with Crippen LogP contribution in [0, 0.1) is 18.9 Å². The van der Waals surface area contributed by atoms with E-state index in [1.54, 1.807) is 0 Å². The first kappa shape index (κ1) is 7.65. The monoisotopic (exact) mass is 266 g/mol. The minimum Gasteiger partial charge on any atom is -0.437 e. The Morgan fingerprint density at radius 3 is 2.57 bits per heavy atom. The van der Waals surface area contributed by atoms with Gasteiger partial charge in [-0.15, -0.1) is 0 Å². The van der Waals surface area contributed by atoms with Crippen LogP contribution in [0.2, 0.25) is 0 Å². The smallest absolute Gasteiger partial charge is 0.437 e. The molecule has 1 N–H and O–H groups in total. The first-order chi connectivity index (χ1) is 2.93. The fraction of sp³-hybridized carbons (Fsp3) is 0.600. The Morgan fingerprint density at radius 1 is 1.86 bits per heavy atom.